The van der Waals surface area contributed by atoms with Gasteiger partial charge in [0.15, 0.2) is 9.84 Å². The Hall–Kier alpha value is -3.15. The highest BCUT2D eigenvalue weighted by Crippen LogP contribution is 2.37. The van der Waals surface area contributed by atoms with Gasteiger partial charge in [-0.05, 0) is 49.6 Å². The molecule has 8 nitrogen and oxygen atoms in total. The normalized spacial score (nSPS) is 16.2. The summed E-state index contributed by atoms with van der Waals surface area (Å²) in [5.41, 5.74) is -0.880. The van der Waals surface area contributed by atoms with Gasteiger partial charge in [-0.1, -0.05) is 12.1 Å². The lowest BCUT2D eigenvalue weighted by Crippen LogP contribution is -2.41. The number of nitrogens with one attached hydrogen (secondary N) is 1. The van der Waals surface area contributed by atoms with E-state index in [1.165, 1.54) is 12.1 Å². The van der Waals surface area contributed by atoms with Crippen molar-refractivity contribution in [2.75, 3.05) is 24.2 Å². The van der Waals surface area contributed by atoms with Crippen LogP contribution in [-0.4, -0.2) is 38.6 Å². The molecule has 0 bridgehead atoms. The van der Waals surface area contributed by atoms with E-state index in [0.29, 0.717) is 18.9 Å². The Bertz CT molecular complexity index is 1180. The molecule has 1 fully saturated rings. The summed E-state index contributed by atoms with van der Waals surface area (Å²) in [6.07, 6.45) is -2.82. The zero-order valence-corrected chi connectivity index (χ0v) is 19.3. The number of hydrogen-bond acceptors (Lipinski definition) is 6. The van der Waals surface area contributed by atoms with Gasteiger partial charge in [0.2, 0.25) is 5.91 Å². The number of nitrogens with zero attached hydrogens (tertiary/aromatic N) is 2. The maximum atomic E-state index is 12.9. The molecule has 1 atom stereocenters. The van der Waals surface area contributed by atoms with Crippen molar-refractivity contribution in [1.82, 2.24) is 5.32 Å². The predicted octanol–water partition coefficient (Wildman–Crippen LogP) is 4.11. The number of halogens is 3. The third-order valence-corrected chi connectivity index (χ3v) is 7.00. The number of alkyl halides is 3. The molecule has 3 rings (SSSR count). The molecule has 1 N–H and O–H groups in total. The van der Waals surface area contributed by atoms with E-state index in [1.807, 2.05) is 0 Å². The summed E-state index contributed by atoms with van der Waals surface area (Å²) in [7, 11) is -3.32. The number of piperidine rings is 1. The van der Waals surface area contributed by atoms with Crippen molar-refractivity contribution in [3.8, 4) is 0 Å². The number of anilines is 1. The van der Waals surface area contributed by atoms with Crippen LogP contribution in [0.3, 0.4) is 0 Å². The summed E-state index contributed by atoms with van der Waals surface area (Å²) in [5, 5.41) is 14.3. The lowest BCUT2D eigenvalue weighted by molar-refractivity contribution is -0.384. The Morgan fingerprint density at radius 3 is 2.24 bits per heavy atom. The first-order valence-electron chi connectivity index (χ1n) is 10.5. The second-order valence-electron chi connectivity index (χ2n) is 8.29. The van der Waals surface area contributed by atoms with Crippen molar-refractivity contribution < 1.29 is 31.3 Å². The summed E-state index contributed by atoms with van der Waals surface area (Å²) >= 11 is 0. The van der Waals surface area contributed by atoms with Gasteiger partial charge in [-0.15, -0.1) is 0 Å². The van der Waals surface area contributed by atoms with Gasteiger partial charge >= 0.3 is 6.18 Å². The van der Waals surface area contributed by atoms with E-state index in [1.54, 1.807) is 24.0 Å². The molecule has 1 heterocycles. The molecule has 2 aromatic rings. The number of benzene rings is 2. The minimum Gasteiger partial charge on any atom is -0.366 e. The molecule has 1 amide bonds. The van der Waals surface area contributed by atoms with Crippen molar-refractivity contribution in [3.05, 3.63) is 63.7 Å². The smallest absolute Gasteiger partial charge is 0.366 e. The second kappa shape index (κ2) is 9.61. The second-order valence-corrected chi connectivity index (χ2v) is 10.3. The first kappa shape index (κ1) is 25.5. The predicted molar refractivity (Wildman–Crippen MR) is 119 cm³/mol. The average molecular weight is 500 g/mol. The van der Waals surface area contributed by atoms with Gasteiger partial charge in [0.25, 0.3) is 5.69 Å². The highest BCUT2D eigenvalue weighted by Gasteiger charge is 2.35. The fourth-order valence-corrected chi connectivity index (χ4v) is 4.54. The zero-order valence-electron chi connectivity index (χ0n) is 18.5. The summed E-state index contributed by atoms with van der Waals surface area (Å²) in [5.74, 6) is -0.566. The Morgan fingerprint density at radius 1 is 1.15 bits per heavy atom. The molecule has 12 heteroatoms. The molecule has 1 aliphatic heterocycles. The Kier molecular flexibility index (Phi) is 7.20. The van der Waals surface area contributed by atoms with Gasteiger partial charge in [-0.3, -0.25) is 14.9 Å². The molecular formula is C22H24F3N3O5S. The first-order chi connectivity index (χ1) is 15.8. The third-order valence-electron chi connectivity index (χ3n) is 5.87. The van der Waals surface area contributed by atoms with Crippen LogP contribution in [0.5, 0.6) is 0 Å². The van der Waals surface area contributed by atoms with E-state index in [2.05, 4.69) is 5.32 Å². The summed E-state index contributed by atoms with van der Waals surface area (Å²) in [6, 6.07) is 8.30. The molecule has 1 aliphatic rings. The Balaban J connectivity index is 1.63. The van der Waals surface area contributed by atoms with E-state index in [9.17, 15) is 36.5 Å². The van der Waals surface area contributed by atoms with Gasteiger partial charge in [-0.25, -0.2) is 8.42 Å². The quantitative estimate of drug-likeness (QED) is 0.473. The first-order valence-corrected chi connectivity index (χ1v) is 12.4. The number of carbonyl (C=O) groups excluding carboxylic acids is 1. The number of amides is 1. The van der Waals surface area contributed by atoms with Gasteiger partial charge in [-0.2, -0.15) is 13.2 Å². The number of rotatable bonds is 6. The zero-order chi connectivity index (χ0) is 25.3. The van der Waals surface area contributed by atoms with Crippen LogP contribution in [0.25, 0.3) is 0 Å². The van der Waals surface area contributed by atoms with E-state index < -0.39 is 32.2 Å². The Labute approximate surface area is 194 Å². The number of sulfone groups is 1. The number of carbonyl (C=O) groups is 1. The number of nitro groups is 1. The van der Waals surface area contributed by atoms with Crippen LogP contribution < -0.4 is 10.2 Å². The highest BCUT2D eigenvalue weighted by atomic mass is 32.2. The van der Waals surface area contributed by atoms with Crippen molar-refractivity contribution in [1.29, 1.82) is 0 Å². The van der Waals surface area contributed by atoms with Gasteiger partial charge in [0, 0.05) is 31.3 Å². The maximum Gasteiger partial charge on any atom is 0.416 e. The van der Waals surface area contributed by atoms with E-state index in [4.69, 9.17) is 0 Å². The van der Waals surface area contributed by atoms with E-state index in [0.717, 1.165) is 24.0 Å². The van der Waals surface area contributed by atoms with Crippen LogP contribution in [0.15, 0.2) is 47.4 Å². The van der Waals surface area contributed by atoms with Crippen LogP contribution in [0.2, 0.25) is 0 Å². The molecule has 0 unspecified atom stereocenters. The van der Waals surface area contributed by atoms with Crippen LogP contribution >= 0.6 is 0 Å². The van der Waals surface area contributed by atoms with Crippen molar-refractivity contribution in [2.45, 2.75) is 36.9 Å². The summed E-state index contributed by atoms with van der Waals surface area (Å²) in [4.78, 5) is 25.1. The van der Waals surface area contributed by atoms with Crippen LogP contribution in [0.1, 0.15) is 36.9 Å². The van der Waals surface area contributed by atoms with Gasteiger partial charge < -0.3 is 10.2 Å². The van der Waals surface area contributed by atoms with E-state index >= 15 is 0 Å². The molecule has 0 saturated carbocycles. The van der Waals surface area contributed by atoms with E-state index in [-0.39, 0.29) is 41.5 Å². The molecule has 0 radical (unpaired) electrons. The van der Waals surface area contributed by atoms with Gasteiger partial charge in [0.05, 0.1) is 21.4 Å². The topological polar surface area (TPSA) is 110 Å². The number of nitro benzene ring substituents is 1. The largest absolute Gasteiger partial charge is 0.416 e. The standard InChI is InChI=1S/C22H24F3N3O5S/c1-14(15-3-6-18(7-4-15)34(2,32)33)26-21(29)16-9-11-27(12-10-16)19-8-5-17(22(23,24)25)13-20(19)28(30)31/h3-8,13-14,16H,9-12H2,1-2H3,(H,26,29)/t14-/m0/s1. The molecule has 0 aromatic heterocycles. The fourth-order valence-electron chi connectivity index (χ4n) is 3.91. The third kappa shape index (κ3) is 5.85. The van der Waals surface area contributed by atoms with Crippen LogP contribution in [0, 0.1) is 16.0 Å². The minimum absolute atomic E-state index is 0.0937. The molecule has 34 heavy (non-hydrogen) atoms. The SMILES string of the molecule is C[C@H](NC(=O)C1CCN(c2ccc(C(F)(F)F)cc2[N+](=O)[O-])CC1)c1ccc(S(C)(=O)=O)cc1. The fraction of sp³-hybridized carbons (Fsp3) is 0.409. The van der Waals surface area contributed by atoms with Crippen molar-refractivity contribution >= 4 is 27.1 Å². The van der Waals surface area contributed by atoms with Crippen LogP contribution in [-0.2, 0) is 20.8 Å². The highest BCUT2D eigenvalue weighted by molar-refractivity contribution is 7.90. The minimum atomic E-state index is -4.68. The monoisotopic (exact) mass is 499 g/mol. The van der Waals surface area contributed by atoms with Crippen LogP contribution in [0.4, 0.5) is 24.5 Å². The molecule has 2 aromatic carbocycles. The van der Waals surface area contributed by atoms with Gasteiger partial charge in [0.1, 0.15) is 5.69 Å². The summed E-state index contributed by atoms with van der Waals surface area (Å²) in [6.45, 7) is 2.33. The summed E-state index contributed by atoms with van der Waals surface area (Å²) < 4.78 is 62.0. The molecular weight excluding hydrogens is 475 g/mol. The van der Waals surface area contributed by atoms with Crippen molar-refractivity contribution in [3.63, 3.8) is 0 Å². The van der Waals surface area contributed by atoms with Crippen molar-refractivity contribution in [2.24, 2.45) is 5.92 Å². The molecule has 1 saturated heterocycles. The molecule has 184 valence electrons. The maximum absolute atomic E-state index is 12.9. The lowest BCUT2D eigenvalue weighted by atomic mass is 9.94. The molecule has 0 spiro atoms. The Morgan fingerprint density at radius 2 is 1.74 bits per heavy atom. The average Bonchev–Trinajstić information content (AvgIpc) is 2.77. The number of hydrogen-bond donors (Lipinski definition) is 1. The lowest BCUT2D eigenvalue weighted by Gasteiger charge is -2.33. The molecule has 0 aliphatic carbocycles.